The molecule has 4 rings (SSSR count). The quantitative estimate of drug-likeness (QED) is 0.823. The Morgan fingerprint density at radius 1 is 1.34 bits per heavy atom. The van der Waals surface area contributed by atoms with E-state index < -0.39 is 0 Å². The second-order valence-electron chi connectivity index (χ2n) is 7.42. The van der Waals surface area contributed by atoms with Crippen LogP contribution in [0.25, 0.3) is 0 Å². The molecule has 0 spiro atoms. The Bertz CT molecular complexity index is 820. The predicted molar refractivity (Wildman–Crippen MR) is 113 cm³/mol. The molecule has 0 saturated carbocycles. The van der Waals surface area contributed by atoms with Crippen LogP contribution in [0.2, 0.25) is 0 Å². The van der Waals surface area contributed by atoms with E-state index in [2.05, 4.69) is 10.4 Å². The van der Waals surface area contributed by atoms with Gasteiger partial charge in [-0.15, -0.1) is 12.4 Å². The Morgan fingerprint density at radius 3 is 3.03 bits per heavy atom. The Hall–Kier alpha value is -2.25. The van der Waals surface area contributed by atoms with Crippen molar-refractivity contribution in [3.63, 3.8) is 0 Å². The van der Waals surface area contributed by atoms with Gasteiger partial charge in [-0.25, -0.2) is 0 Å². The first-order valence-electron chi connectivity index (χ1n) is 10.0. The van der Waals surface area contributed by atoms with Crippen LogP contribution in [0.5, 0.6) is 11.5 Å². The van der Waals surface area contributed by atoms with Crippen LogP contribution in [0.3, 0.4) is 0 Å². The minimum absolute atomic E-state index is 0. The molecule has 7 nitrogen and oxygen atoms in total. The van der Waals surface area contributed by atoms with Gasteiger partial charge in [0.2, 0.25) is 5.91 Å². The molecule has 0 bridgehead atoms. The summed E-state index contributed by atoms with van der Waals surface area (Å²) in [4.78, 5) is 15.0. The fourth-order valence-electron chi connectivity index (χ4n) is 4.09. The Morgan fingerprint density at radius 2 is 2.24 bits per heavy atom. The third-order valence-corrected chi connectivity index (χ3v) is 5.56. The zero-order valence-electron chi connectivity index (χ0n) is 16.8. The highest BCUT2D eigenvalue weighted by atomic mass is 35.5. The van der Waals surface area contributed by atoms with Crippen LogP contribution in [0.4, 0.5) is 0 Å². The van der Waals surface area contributed by atoms with Gasteiger partial charge in [0.15, 0.2) is 11.5 Å². The zero-order valence-corrected chi connectivity index (χ0v) is 17.6. The number of benzene rings is 1. The second-order valence-corrected chi connectivity index (χ2v) is 7.42. The van der Waals surface area contributed by atoms with Crippen molar-refractivity contribution in [1.82, 2.24) is 20.0 Å². The van der Waals surface area contributed by atoms with Crippen molar-refractivity contribution in [2.45, 2.75) is 38.3 Å². The number of ether oxygens (including phenoxy) is 2. The molecule has 1 N–H and O–H groups in total. The number of amides is 1. The number of hydrogen-bond donors (Lipinski definition) is 1. The lowest BCUT2D eigenvalue weighted by Gasteiger charge is -2.28. The third-order valence-electron chi connectivity index (χ3n) is 5.56. The van der Waals surface area contributed by atoms with E-state index in [0.29, 0.717) is 31.4 Å². The molecule has 2 aromatic rings. The lowest BCUT2D eigenvalue weighted by atomic mass is 9.96. The lowest BCUT2D eigenvalue weighted by Crippen LogP contribution is -2.37. The van der Waals surface area contributed by atoms with Crippen molar-refractivity contribution in [2.75, 3.05) is 33.4 Å². The van der Waals surface area contributed by atoms with E-state index in [0.717, 1.165) is 49.4 Å². The van der Waals surface area contributed by atoms with Gasteiger partial charge in [-0.3, -0.25) is 9.48 Å². The predicted octanol–water partition coefficient (Wildman–Crippen LogP) is 2.59. The number of rotatable bonds is 4. The summed E-state index contributed by atoms with van der Waals surface area (Å²) in [7, 11) is 1.64. The minimum atomic E-state index is 0. The van der Waals surface area contributed by atoms with Crippen molar-refractivity contribution in [3.8, 4) is 11.5 Å². The van der Waals surface area contributed by atoms with E-state index in [1.54, 1.807) is 13.3 Å². The van der Waals surface area contributed by atoms with Gasteiger partial charge >= 0.3 is 0 Å². The molecule has 2 aliphatic rings. The van der Waals surface area contributed by atoms with Crippen LogP contribution >= 0.6 is 12.4 Å². The summed E-state index contributed by atoms with van der Waals surface area (Å²) in [5.41, 5.74) is 2.13. The van der Waals surface area contributed by atoms with Crippen LogP contribution < -0.4 is 14.8 Å². The topological polar surface area (TPSA) is 68.6 Å². The van der Waals surface area contributed by atoms with Crippen molar-refractivity contribution in [3.05, 3.63) is 41.7 Å². The van der Waals surface area contributed by atoms with Gasteiger partial charge in [0, 0.05) is 43.0 Å². The highest BCUT2D eigenvalue weighted by Gasteiger charge is 2.24. The standard InChI is InChI=1S/C21H28N4O3.ClH/c1-27-19-7-2-5-17-14-24(11-4-12-28-21(17)19)20(26)15-25-18(8-10-23-25)16-6-3-9-22-13-16;/h2,5,7-8,10,16,22H,3-4,6,9,11-15H2,1H3;1H. The molecule has 0 radical (unpaired) electrons. The van der Waals surface area contributed by atoms with E-state index >= 15 is 0 Å². The fraction of sp³-hybridized carbons (Fsp3) is 0.524. The SMILES string of the molecule is COc1cccc2c1OCCCN(C(=O)Cn1nccc1C1CCCNC1)C2.Cl. The summed E-state index contributed by atoms with van der Waals surface area (Å²) in [5, 5.41) is 7.88. The number of para-hydroxylation sites is 1. The summed E-state index contributed by atoms with van der Waals surface area (Å²) in [5.74, 6) is 1.97. The number of methoxy groups -OCH3 is 1. The molecular formula is C21H29ClN4O3. The normalized spacial score (nSPS) is 19.2. The van der Waals surface area contributed by atoms with E-state index in [4.69, 9.17) is 9.47 Å². The third kappa shape index (κ3) is 4.85. The number of carbonyl (C=O) groups is 1. The smallest absolute Gasteiger partial charge is 0.244 e. The number of hydrogen-bond acceptors (Lipinski definition) is 5. The van der Waals surface area contributed by atoms with Gasteiger partial charge in [0.1, 0.15) is 6.54 Å². The van der Waals surface area contributed by atoms with Gasteiger partial charge in [-0.2, -0.15) is 5.10 Å². The molecular weight excluding hydrogens is 392 g/mol. The molecule has 1 atom stereocenters. The summed E-state index contributed by atoms with van der Waals surface area (Å²) < 4.78 is 13.2. The number of piperidine rings is 1. The summed E-state index contributed by atoms with van der Waals surface area (Å²) in [6.07, 6.45) is 4.90. The van der Waals surface area contributed by atoms with E-state index in [9.17, 15) is 4.79 Å². The Balaban J connectivity index is 0.00000240. The molecule has 1 fully saturated rings. The summed E-state index contributed by atoms with van der Waals surface area (Å²) in [6, 6.07) is 7.87. The maximum Gasteiger partial charge on any atom is 0.244 e. The van der Waals surface area contributed by atoms with E-state index in [1.165, 1.54) is 0 Å². The minimum Gasteiger partial charge on any atom is -0.493 e. The van der Waals surface area contributed by atoms with Gasteiger partial charge in [-0.05, 0) is 37.9 Å². The number of halogens is 1. The number of fused-ring (bicyclic) bond motifs is 1. The van der Waals surface area contributed by atoms with Crippen molar-refractivity contribution < 1.29 is 14.3 Å². The molecule has 1 saturated heterocycles. The highest BCUT2D eigenvalue weighted by Crippen LogP contribution is 2.33. The fourth-order valence-corrected chi connectivity index (χ4v) is 4.09. The van der Waals surface area contributed by atoms with Gasteiger partial charge in [0.05, 0.1) is 13.7 Å². The number of nitrogens with one attached hydrogen (secondary N) is 1. The Labute approximate surface area is 177 Å². The summed E-state index contributed by atoms with van der Waals surface area (Å²) >= 11 is 0. The van der Waals surface area contributed by atoms with Crippen LogP contribution in [0, 0.1) is 0 Å². The average Bonchev–Trinajstić information content (AvgIpc) is 3.16. The monoisotopic (exact) mass is 420 g/mol. The number of aromatic nitrogens is 2. The maximum absolute atomic E-state index is 13.1. The molecule has 1 amide bonds. The van der Waals surface area contributed by atoms with Crippen LogP contribution in [-0.4, -0.2) is 53.9 Å². The molecule has 158 valence electrons. The molecule has 2 aliphatic heterocycles. The average molecular weight is 421 g/mol. The second kappa shape index (κ2) is 9.98. The van der Waals surface area contributed by atoms with E-state index in [1.807, 2.05) is 33.8 Å². The first-order chi connectivity index (χ1) is 13.8. The highest BCUT2D eigenvalue weighted by molar-refractivity contribution is 5.85. The van der Waals surface area contributed by atoms with E-state index in [-0.39, 0.29) is 24.9 Å². The molecule has 29 heavy (non-hydrogen) atoms. The van der Waals surface area contributed by atoms with Crippen LogP contribution in [0.15, 0.2) is 30.5 Å². The number of carbonyl (C=O) groups excluding carboxylic acids is 1. The first-order valence-corrected chi connectivity index (χ1v) is 10.0. The molecule has 0 aliphatic carbocycles. The molecule has 8 heteroatoms. The zero-order chi connectivity index (χ0) is 19.3. The molecule has 1 unspecified atom stereocenters. The largest absolute Gasteiger partial charge is 0.493 e. The van der Waals surface area contributed by atoms with Crippen LogP contribution in [-0.2, 0) is 17.9 Å². The van der Waals surface area contributed by atoms with Gasteiger partial charge < -0.3 is 19.7 Å². The lowest BCUT2D eigenvalue weighted by molar-refractivity contribution is -0.133. The van der Waals surface area contributed by atoms with Gasteiger partial charge in [-0.1, -0.05) is 12.1 Å². The van der Waals surface area contributed by atoms with Crippen LogP contribution in [0.1, 0.15) is 36.4 Å². The molecule has 1 aromatic heterocycles. The van der Waals surface area contributed by atoms with Crippen molar-refractivity contribution in [2.24, 2.45) is 0 Å². The van der Waals surface area contributed by atoms with Crippen molar-refractivity contribution in [1.29, 1.82) is 0 Å². The molecule has 3 heterocycles. The summed E-state index contributed by atoms with van der Waals surface area (Å²) in [6.45, 7) is 4.07. The molecule has 1 aromatic carbocycles. The maximum atomic E-state index is 13.1. The number of nitrogens with zero attached hydrogens (tertiary/aromatic N) is 3. The Kier molecular flexibility index (Phi) is 7.39. The first kappa shape index (κ1) is 21.5. The van der Waals surface area contributed by atoms with Crippen molar-refractivity contribution >= 4 is 18.3 Å². The van der Waals surface area contributed by atoms with Gasteiger partial charge in [0.25, 0.3) is 0 Å².